The van der Waals surface area contributed by atoms with Gasteiger partial charge in [0.2, 0.25) is 0 Å². The summed E-state index contributed by atoms with van der Waals surface area (Å²) in [5, 5.41) is 14.0. The van der Waals surface area contributed by atoms with Gasteiger partial charge < -0.3 is 19.9 Å². The lowest BCUT2D eigenvalue weighted by atomic mass is 9.95. The summed E-state index contributed by atoms with van der Waals surface area (Å²) in [5.41, 5.74) is 0. The molecule has 1 aliphatic rings. The Morgan fingerprint density at radius 2 is 2.22 bits per heavy atom. The monoisotopic (exact) mass is 277 g/mol. The summed E-state index contributed by atoms with van der Waals surface area (Å²) < 4.78 is 10.2. The molecule has 108 valence electrons. The molecule has 2 N–H and O–H groups in total. The first-order valence-corrected chi connectivity index (χ1v) is 8.06. The highest BCUT2D eigenvalue weighted by Gasteiger charge is 2.21. The lowest BCUT2D eigenvalue weighted by Gasteiger charge is -2.29. The lowest BCUT2D eigenvalue weighted by molar-refractivity contribution is 0.0125. The van der Waals surface area contributed by atoms with Crippen LogP contribution in [0.4, 0.5) is 0 Å². The quantitative estimate of drug-likeness (QED) is 0.622. The number of hydrogen-bond donors (Lipinski definition) is 2. The Hall–Kier alpha value is 0.190. The molecule has 0 aromatic carbocycles. The second kappa shape index (κ2) is 10.0. The summed E-state index contributed by atoms with van der Waals surface area (Å²) in [4.78, 5) is 0. The van der Waals surface area contributed by atoms with E-state index in [1.54, 1.807) is 7.11 Å². The van der Waals surface area contributed by atoms with Gasteiger partial charge in [-0.25, -0.2) is 0 Å². The SMILES string of the molecule is COCCOCC(O)CNC1CCCC(SC)C1. The van der Waals surface area contributed by atoms with E-state index in [1.807, 2.05) is 11.8 Å². The second-order valence-electron chi connectivity index (χ2n) is 4.85. The lowest BCUT2D eigenvalue weighted by Crippen LogP contribution is -2.40. The third-order valence-corrected chi connectivity index (χ3v) is 4.44. The van der Waals surface area contributed by atoms with Gasteiger partial charge in [0, 0.05) is 24.9 Å². The standard InChI is InChI=1S/C13H27NO3S/c1-16-6-7-17-10-12(15)9-14-11-4-3-5-13(8-11)18-2/h11-15H,3-10H2,1-2H3. The van der Waals surface area contributed by atoms with Crippen LogP contribution in [0.25, 0.3) is 0 Å². The Kier molecular flexibility index (Phi) is 9.06. The summed E-state index contributed by atoms with van der Waals surface area (Å²) in [7, 11) is 1.65. The molecule has 0 aliphatic heterocycles. The van der Waals surface area contributed by atoms with E-state index in [-0.39, 0.29) is 0 Å². The van der Waals surface area contributed by atoms with Gasteiger partial charge in [0.1, 0.15) is 0 Å². The summed E-state index contributed by atoms with van der Waals surface area (Å²) in [6.07, 6.45) is 6.85. The highest BCUT2D eigenvalue weighted by atomic mass is 32.2. The third-order valence-electron chi connectivity index (χ3n) is 3.34. The zero-order chi connectivity index (χ0) is 13.2. The molecule has 3 atom stereocenters. The zero-order valence-electron chi connectivity index (χ0n) is 11.6. The number of aliphatic hydroxyl groups excluding tert-OH is 1. The van der Waals surface area contributed by atoms with Crippen LogP contribution in [0.1, 0.15) is 25.7 Å². The molecular formula is C13H27NO3S. The van der Waals surface area contributed by atoms with Crippen LogP contribution in [0.3, 0.4) is 0 Å². The fourth-order valence-corrected chi connectivity index (χ4v) is 3.09. The fraction of sp³-hybridized carbons (Fsp3) is 1.00. The van der Waals surface area contributed by atoms with Crippen molar-refractivity contribution in [3.8, 4) is 0 Å². The van der Waals surface area contributed by atoms with Gasteiger partial charge in [-0.05, 0) is 25.5 Å². The van der Waals surface area contributed by atoms with Crippen molar-refractivity contribution in [1.82, 2.24) is 5.32 Å². The van der Waals surface area contributed by atoms with E-state index in [9.17, 15) is 5.11 Å². The van der Waals surface area contributed by atoms with E-state index >= 15 is 0 Å². The van der Waals surface area contributed by atoms with Crippen molar-refractivity contribution in [3.63, 3.8) is 0 Å². The minimum absolute atomic E-state index is 0.384. The Morgan fingerprint density at radius 1 is 1.39 bits per heavy atom. The van der Waals surface area contributed by atoms with Crippen molar-refractivity contribution in [2.24, 2.45) is 0 Å². The van der Waals surface area contributed by atoms with E-state index in [2.05, 4.69) is 11.6 Å². The molecule has 4 nitrogen and oxygen atoms in total. The van der Waals surface area contributed by atoms with Crippen LogP contribution in [0.5, 0.6) is 0 Å². The van der Waals surface area contributed by atoms with Crippen molar-refractivity contribution in [2.75, 3.05) is 39.7 Å². The Balaban J connectivity index is 2.04. The van der Waals surface area contributed by atoms with Crippen LogP contribution in [0, 0.1) is 0 Å². The van der Waals surface area contributed by atoms with Crippen LogP contribution in [0.2, 0.25) is 0 Å². The normalized spacial score (nSPS) is 26.2. The first-order chi connectivity index (χ1) is 8.76. The summed E-state index contributed by atoms with van der Waals surface area (Å²) in [6.45, 7) is 2.14. The van der Waals surface area contributed by atoms with Gasteiger partial charge in [-0.15, -0.1) is 0 Å². The van der Waals surface area contributed by atoms with Gasteiger partial charge in [-0.2, -0.15) is 11.8 Å². The molecule has 0 saturated heterocycles. The van der Waals surface area contributed by atoms with Crippen molar-refractivity contribution in [1.29, 1.82) is 0 Å². The summed E-state index contributed by atoms with van der Waals surface area (Å²) >= 11 is 1.96. The van der Waals surface area contributed by atoms with E-state index < -0.39 is 6.10 Å². The van der Waals surface area contributed by atoms with Crippen molar-refractivity contribution >= 4 is 11.8 Å². The average Bonchev–Trinajstić information content (AvgIpc) is 2.41. The van der Waals surface area contributed by atoms with Crippen LogP contribution in [-0.4, -0.2) is 62.2 Å². The first kappa shape index (κ1) is 16.2. The molecule has 18 heavy (non-hydrogen) atoms. The Labute approximate surface area is 115 Å². The smallest absolute Gasteiger partial charge is 0.0897 e. The van der Waals surface area contributed by atoms with Crippen LogP contribution < -0.4 is 5.32 Å². The zero-order valence-corrected chi connectivity index (χ0v) is 12.4. The number of aliphatic hydroxyl groups is 1. The van der Waals surface area contributed by atoms with Crippen molar-refractivity contribution in [2.45, 2.75) is 43.1 Å². The van der Waals surface area contributed by atoms with Gasteiger partial charge in [-0.1, -0.05) is 6.42 Å². The topological polar surface area (TPSA) is 50.7 Å². The molecular weight excluding hydrogens is 250 g/mol. The van der Waals surface area contributed by atoms with Crippen molar-refractivity contribution < 1.29 is 14.6 Å². The highest BCUT2D eigenvalue weighted by Crippen LogP contribution is 2.26. The van der Waals surface area contributed by atoms with Gasteiger partial charge in [0.25, 0.3) is 0 Å². The van der Waals surface area contributed by atoms with Crippen molar-refractivity contribution in [3.05, 3.63) is 0 Å². The van der Waals surface area contributed by atoms with Crippen LogP contribution in [0.15, 0.2) is 0 Å². The van der Waals surface area contributed by atoms with E-state index in [0.29, 0.717) is 32.4 Å². The maximum atomic E-state index is 9.77. The second-order valence-corrected chi connectivity index (χ2v) is 5.99. The number of ether oxygens (including phenoxy) is 2. The van der Waals surface area contributed by atoms with Gasteiger partial charge in [-0.3, -0.25) is 0 Å². The molecule has 1 aliphatic carbocycles. The molecule has 1 rings (SSSR count). The summed E-state index contributed by atoms with van der Waals surface area (Å²) in [5.74, 6) is 0. The maximum absolute atomic E-state index is 9.77. The molecule has 1 saturated carbocycles. The molecule has 0 amide bonds. The molecule has 3 unspecified atom stereocenters. The number of rotatable bonds is 9. The molecule has 0 spiro atoms. The predicted octanol–water partition coefficient (Wildman–Crippen LogP) is 1.27. The first-order valence-electron chi connectivity index (χ1n) is 6.77. The third kappa shape index (κ3) is 6.95. The number of methoxy groups -OCH3 is 1. The molecule has 0 aromatic rings. The van der Waals surface area contributed by atoms with E-state index in [0.717, 1.165) is 5.25 Å². The molecule has 1 fully saturated rings. The molecule has 5 heteroatoms. The van der Waals surface area contributed by atoms with Crippen LogP contribution >= 0.6 is 11.8 Å². The Morgan fingerprint density at radius 3 is 2.94 bits per heavy atom. The van der Waals surface area contributed by atoms with E-state index in [1.165, 1.54) is 25.7 Å². The molecule has 0 aromatic heterocycles. The molecule has 0 radical (unpaired) electrons. The number of thioether (sulfide) groups is 1. The van der Waals surface area contributed by atoms with Gasteiger partial charge in [0.15, 0.2) is 0 Å². The Bertz CT molecular complexity index is 207. The molecule has 0 heterocycles. The highest BCUT2D eigenvalue weighted by molar-refractivity contribution is 7.99. The van der Waals surface area contributed by atoms with Crippen LogP contribution in [-0.2, 0) is 9.47 Å². The fourth-order valence-electron chi connectivity index (χ4n) is 2.27. The number of nitrogens with one attached hydrogen (secondary N) is 1. The summed E-state index contributed by atoms with van der Waals surface area (Å²) in [6, 6.07) is 0.560. The molecule has 0 bridgehead atoms. The average molecular weight is 277 g/mol. The number of hydrogen-bond acceptors (Lipinski definition) is 5. The predicted molar refractivity (Wildman–Crippen MR) is 76.3 cm³/mol. The van der Waals surface area contributed by atoms with E-state index in [4.69, 9.17) is 9.47 Å². The van der Waals surface area contributed by atoms with Gasteiger partial charge >= 0.3 is 0 Å². The van der Waals surface area contributed by atoms with Gasteiger partial charge in [0.05, 0.1) is 25.9 Å². The maximum Gasteiger partial charge on any atom is 0.0897 e. The minimum atomic E-state index is -0.420. The largest absolute Gasteiger partial charge is 0.389 e. The minimum Gasteiger partial charge on any atom is -0.389 e.